The molecule has 0 fully saturated rings. The minimum Gasteiger partial charge on any atom is -0.282 e. The van der Waals surface area contributed by atoms with E-state index in [0.717, 1.165) is 11.5 Å². The third-order valence-corrected chi connectivity index (χ3v) is 6.18. The molecule has 2 unspecified atom stereocenters. The smallest absolute Gasteiger partial charge is 0.214 e. The quantitative estimate of drug-likeness (QED) is 0.628. The normalized spacial score (nSPS) is 13.7. The molecule has 2 atom stereocenters. The van der Waals surface area contributed by atoms with Crippen LogP contribution in [0.25, 0.3) is 0 Å². The van der Waals surface area contributed by atoms with Crippen molar-refractivity contribution in [2.45, 2.75) is 38.2 Å². The summed E-state index contributed by atoms with van der Waals surface area (Å²) in [7, 11) is 0. The van der Waals surface area contributed by atoms with E-state index >= 15 is 0 Å². The van der Waals surface area contributed by atoms with Gasteiger partial charge in [-0.1, -0.05) is 50.5 Å². The Balaban J connectivity index is 3.84. The largest absolute Gasteiger partial charge is 0.282 e. The first-order valence-electron chi connectivity index (χ1n) is 6.04. The van der Waals surface area contributed by atoms with Gasteiger partial charge >= 0.3 is 0 Å². The Morgan fingerprint density at radius 3 is 1.47 bits per heavy atom. The summed E-state index contributed by atoms with van der Waals surface area (Å²) in [4.78, 5) is 22.9. The molecule has 0 heterocycles. The molecule has 0 saturated carbocycles. The van der Waals surface area contributed by atoms with Gasteiger partial charge in [-0.15, -0.1) is 0 Å². The van der Waals surface area contributed by atoms with Gasteiger partial charge in [0.25, 0.3) is 0 Å². The predicted octanol–water partition coefficient (Wildman–Crippen LogP) is 4.17. The highest BCUT2D eigenvalue weighted by Gasteiger charge is 2.13. The van der Waals surface area contributed by atoms with E-state index in [1.165, 1.54) is 23.5 Å². The minimum absolute atomic E-state index is 0.0629. The maximum atomic E-state index is 11.5. The first kappa shape index (κ1) is 18.9. The van der Waals surface area contributed by atoms with Gasteiger partial charge in [0, 0.05) is 22.0 Å². The lowest BCUT2D eigenvalue weighted by molar-refractivity contribution is -0.108. The summed E-state index contributed by atoms with van der Waals surface area (Å²) in [6.07, 6.45) is 0. The third-order valence-electron chi connectivity index (χ3n) is 2.02. The number of hydrogen-bond acceptors (Lipinski definition) is 5. The van der Waals surface area contributed by atoms with Gasteiger partial charge in [0.2, 0.25) is 10.2 Å². The molecule has 0 radical (unpaired) electrons. The standard InChI is InChI=1S/C14H22O2S3/c1-9(2)13(15)18-11(5)7-17-8-12(6)19-14(16)10(3)4/h11-12H,1,3,7-8H2,2,4-6H3. The average Bonchev–Trinajstić information content (AvgIpc) is 2.28. The molecule has 0 aliphatic heterocycles. The van der Waals surface area contributed by atoms with Crippen LogP contribution in [0.5, 0.6) is 0 Å². The lowest BCUT2D eigenvalue weighted by Crippen LogP contribution is -2.10. The fourth-order valence-electron chi connectivity index (χ4n) is 1.03. The van der Waals surface area contributed by atoms with Crippen molar-refractivity contribution in [2.24, 2.45) is 0 Å². The second-order valence-corrected chi connectivity index (χ2v) is 8.43. The van der Waals surface area contributed by atoms with Crippen molar-refractivity contribution in [1.82, 2.24) is 0 Å². The van der Waals surface area contributed by atoms with Crippen molar-refractivity contribution in [3.05, 3.63) is 24.3 Å². The summed E-state index contributed by atoms with van der Waals surface area (Å²) in [5.41, 5.74) is 1.19. The number of hydrogen-bond donors (Lipinski definition) is 0. The molecular weight excluding hydrogens is 296 g/mol. The Morgan fingerprint density at radius 1 is 0.895 bits per heavy atom. The zero-order chi connectivity index (χ0) is 15.0. The van der Waals surface area contributed by atoms with Crippen LogP contribution < -0.4 is 0 Å². The molecule has 0 aliphatic rings. The minimum atomic E-state index is 0.0629. The van der Waals surface area contributed by atoms with Crippen LogP contribution in [0.2, 0.25) is 0 Å². The SMILES string of the molecule is C=C(C)C(=O)SC(C)CSCC(C)SC(=O)C(=C)C. The molecule has 0 rings (SSSR count). The molecule has 19 heavy (non-hydrogen) atoms. The number of carbonyl (C=O) groups is 2. The summed E-state index contributed by atoms with van der Waals surface area (Å²) >= 11 is 4.43. The van der Waals surface area contributed by atoms with Crippen LogP contribution in [-0.2, 0) is 9.59 Å². The highest BCUT2D eigenvalue weighted by Crippen LogP contribution is 2.23. The lowest BCUT2D eigenvalue weighted by atomic mass is 10.4. The first-order chi connectivity index (χ1) is 8.73. The van der Waals surface area contributed by atoms with Crippen molar-refractivity contribution in [2.75, 3.05) is 11.5 Å². The van der Waals surface area contributed by atoms with E-state index in [2.05, 4.69) is 13.2 Å². The molecule has 0 saturated heterocycles. The summed E-state index contributed by atoms with van der Waals surface area (Å²) in [5.74, 6) is 1.80. The van der Waals surface area contributed by atoms with Crippen molar-refractivity contribution in [3.8, 4) is 0 Å². The second-order valence-electron chi connectivity index (χ2n) is 4.53. The fraction of sp³-hybridized carbons (Fsp3) is 0.571. The number of rotatable bonds is 8. The molecule has 0 amide bonds. The zero-order valence-corrected chi connectivity index (χ0v) is 14.5. The Kier molecular flexibility index (Phi) is 9.66. The Morgan fingerprint density at radius 2 is 1.21 bits per heavy atom. The van der Waals surface area contributed by atoms with Crippen molar-refractivity contribution < 1.29 is 9.59 Å². The van der Waals surface area contributed by atoms with Crippen LogP contribution in [0.1, 0.15) is 27.7 Å². The summed E-state index contributed by atoms with van der Waals surface area (Å²) in [5, 5.41) is 0.660. The van der Waals surface area contributed by atoms with Gasteiger partial charge in [-0.25, -0.2) is 0 Å². The van der Waals surface area contributed by atoms with Gasteiger partial charge < -0.3 is 0 Å². The highest BCUT2D eigenvalue weighted by atomic mass is 32.2. The van der Waals surface area contributed by atoms with Gasteiger partial charge in [-0.2, -0.15) is 11.8 Å². The molecule has 0 spiro atoms. The zero-order valence-electron chi connectivity index (χ0n) is 12.0. The van der Waals surface area contributed by atoms with Crippen molar-refractivity contribution in [1.29, 1.82) is 0 Å². The van der Waals surface area contributed by atoms with Crippen LogP contribution in [0.4, 0.5) is 0 Å². The van der Waals surface area contributed by atoms with E-state index in [-0.39, 0.29) is 20.7 Å². The number of thioether (sulfide) groups is 3. The summed E-state index contributed by atoms with van der Waals surface area (Å²) < 4.78 is 0. The predicted molar refractivity (Wildman–Crippen MR) is 91.1 cm³/mol. The van der Waals surface area contributed by atoms with Crippen LogP contribution in [0, 0.1) is 0 Å². The maximum absolute atomic E-state index is 11.5. The Bertz CT molecular complexity index is 330. The molecule has 5 heteroatoms. The average molecular weight is 319 g/mol. The summed E-state index contributed by atoms with van der Waals surface area (Å²) in [6, 6.07) is 0. The van der Waals surface area contributed by atoms with E-state index in [0.29, 0.717) is 11.1 Å². The van der Waals surface area contributed by atoms with E-state index in [1.54, 1.807) is 25.6 Å². The van der Waals surface area contributed by atoms with Crippen molar-refractivity contribution in [3.63, 3.8) is 0 Å². The van der Waals surface area contributed by atoms with Crippen LogP contribution in [0.3, 0.4) is 0 Å². The topological polar surface area (TPSA) is 34.1 Å². The number of carbonyl (C=O) groups excluding carboxylic acids is 2. The molecule has 2 nitrogen and oxygen atoms in total. The molecule has 108 valence electrons. The van der Waals surface area contributed by atoms with E-state index in [4.69, 9.17) is 0 Å². The van der Waals surface area contributed by atoms with Crippen LogP contribution in [0.15, 0.2) is 24.3 Å². The second kappa shape index (κ2) is 9.72. The molecule has 0 N–H and O–H groups in total. The van der Waals surface area contributed by atoms with Gasteiger partial charge in [0.1, 0.15) is 0 Å². The van der Waals surface area contributed by atoms with E-state index in [9.17, 15) is 9.59 Å². The summed E-state index contributed by atoms with van der Waals surface area (Å²) in [6.45, 7) is 14.8. The van der Waals surface area contributed by atoms with E-state index < -0.39 is 0 Å². The molecule has 0 bridgehead atoms. The van der Waals surface area contributed by atoms with E-state index in [1.807, 2.05) is 13.8 Å². The molecule has 0 aliphatic carbocycles. The fourth-order valence-corrected chi connectivity index (χ4v) is 4.09. The van der Waals surface area contributed by atoms with Crippen molar-refractivity contribution >= 4 is 45.5 Å². The van der Waals surface area contributed by atoms with Gasteiger partial charge in [0.15, 0.2) is 0 Å². The highest BCUT2D eigenvalue weighted by molar-refractivity contribution is 8.16. The molecule has 0 aromatic heterocycles. The monoisotopic (exact) mass is 318 g/mol. The lowest BCUT2D eigenvalue weighted by Gasteiger charge is -2.12. The first-order valence-corrected chi connectivity index (χ1v) is 8.96. The molecule has 0 aromatic carbocycles. The van der Waals surface area contributed by atoms with Gasteiger partial charge in [-0.05, 0) is 25.0 Å². The molecule has 0 aromatic rings. The molecular formula is C14H22O2S3. The maximum Gasteiger partial charge on any atom is 0.214 e. The Labute approximate surface area is 129 Å². The third kappa shape index (κ3) is 9.41. The van der Waals surface area contributed by atoms with Crippen LogP contribution >= 0.6 is 35.3 Å². The van der Waals surface area contributed by atoms with Crippen LogP contribution in [-0.4, -0.2) is 32.2 Å². The van der Waals surface area contributed by atoms with Gasteiger partial charge in [0.05, 0.1) is 0 Å². The Hall–Kier alpha value is -0.130. The van der Waals surface area contributed by atoms with Gasteiger partial charge in [-0.3, -0.25) is 9.59 Å².